The zero-order valence-corrected chi connectivity index (χ0v) is 27.2. The normalized spacial score (nSPS) is 18.9. The summed E-state index contributed by atoms with van der Waals surface area (Å²) < 4.78 is 17.6. The Hall–Kier alpha value is -4.22. The van der Waals surface area contributed by atoms with Gasteiger partial charge in [-0.3, -0.25) is 0 Å². The largest absolute Gasteiger partial charge is 0.490 e. The minimum atomic E-state index is -0.0668. The number of urea groups is 1. The molecule has 0 spiro atoms. The van der Waals surface area contributed by atoms with Gasteiger partial charge in [0.25, 0.3) is 0 Å². The molecule has 3 fully saturated rings. The Morgan fingerprint density at radius 2 is 1.72 bits per heavy atom. The number of ether oxygens (including phenoxy) is 3. The first-order chi connectivity index (χ1) is 23.1. The van der Waals surface area contributed by atoms with Crippen molar-refractivity contribution in [1.82, 2.24) is 30.5 Å². The fourth-order valence-corrected chi connectivity index (χ4v) is 6.41. The van der Waals surface area contributed by atoms with Gasteiger partial charge in [0.15, 0.2) is 11.5 Å². The third kappa shape index (κ3) is 8.02. The number of piperidine rings is 1. The number of hydrogen-bond donors (Lipinski definition) is 2. The number of hydrogen-bond acceptors (Lipinski definition) is 11. The van der Waals surface area contributed by atoms with Crippen LogP contribution in [0.2, 0.25) is 0 Å². The third-order valence-corrected chi connectivity index (χ3v) is 9.01. The number of carbonyl (C=O) groups is 1. The number of nitrogens with zero attached hydrogens (tertiary/aromatic N) is 7. The highest BCUT2D eigenvalue weighted by atomic mass is 16.5. The maximum Gasteiger partial charge on any atom is 0.339 e. The second kappa shape index (κ2) is 16.1. The summed E-state index contributed by atoms with van der Waals surface area (Å²) in [4.78, 5) is 27.4. The predicted molar refractivity (Wildman–Crippen MR) is 180 cm³/mol. The van der Waals surface area contributed by atoms with E-state index in [0.717, 1.165) is 61.6 Å². The molecule has 0 radical (unpaired) electrons. The van der Waals surface area contributed by atoms with Crippen LogP contribution in [-0.4, -0.2) is 118 Å². The lowest BCUT2D eigenvalue weighted by Crippen LogP contribution is -2.60. The number of methoxy groups -OCH3 is 1. The van der Waals surface area contributed by atoms with Crippen LogP contribution >= 0.6 is 0 Å². The van der Waals surface area contributed by atoms with Crippen molar-refractivity contribution >= 4 is 28.4 Å². The van der Waals surface area contributed by atoms with E-state index < -0.39 is 0 Å². The minimum Gasteiger partial charge on any atom is -0.490 e. The summed E-state index contributed by atoms with van der Waals surface area (Å²) in [6.07, 6.45) is 6.20. The highest BCUT2D eigenvalue weighted by Crippen LogP contribution is 2.36. The van der Waals surface area contributed by atoms with E-state index in [1.807, 2.05) is 29.2 Å². The van der Waals surface area contributed by atoms with Crippen LogP contribution in [0.5, 0.6) is 11.5 Å². The van der Waals surface area contributed by atoms with Gasteiger partial charge in [0.1, 0.15) is 18.8 Å². The van der Waals surface area contributed by atoms with Crippen LogP contribution in [0.4, 0.5) is 16.3 Å². The third-order valence-electron chi connectivity index (χ3n) is 9.01. The van der Waals surface area contributed by atoms with Crippen LogP contribution in [0.3, 0.4) is 0 Å². The van der Waals surface area contributed by atoms with Crippen molar-refractivity contribution in [2.24, 2.45) is 0 Å². The summed E-state index contributed by atoms with van der Waals surface area (Å²) in [5.74, 6) is 2.12. The molecule has 2 aromatic carbocycles. The van der Waals surface area contributed by atoms with E-state index in [-0.39, 0.29) is 6.03 Å². The molecular weight excluding hydrogens is 598 g/mol. The Bertz CT molecular complexity index is 1510. The van der Waals surface area contributed by atoms with E-state index >= 15 is 0 Å². The summed E-state index contributed by atoms with van der Waals surface area (Å²) in [5.41, 5.74) is 2.10. The van der Waals surface area contributed by atoms with Crippen LogP contribution in [0.15, 0.2) is 42.7 Å². The summed E-state index contributed by atoms with van der Waals surface area (Å²) in [7, 11) is 1.65. The van der Waals surface area contributed by atoms with Gasteiger partial charge in [-0.2, -0.15) is 5.26 Å². The lowest BCUT2D eigenvalue weighted by Gasteiger charge is -2.42. The smallest absolute Gasteiger partial charge is 0.339 e. The second-order valence-corrected chi connectivity index (χ2v) is 12.1. The Labute approximate surface area is 276 Å². The Morgan fingerprint density at radius 1 is 0.957 bits per heavy atom. The van der Waals surface area contributed by atoms with Crippen LogP contribution in [0, 0.1) is 11.3 Å². The molecule has 13 nitrogen and oxygen atoms in total. The van der Waals surface area contributed by atoms with Gasteiger partial charge in [-0.25, -0.2) is 24.8 Å². The number of nitrogens with one attached hydrogen (secondary N) is 2. The lowest BCUT2D eigenvalue weighted by molar-refractivity contribution is 0.143. The number of aromatic nitrogens is 2. The molecule has 3 aliphatic rings. The van der Waals surface area contributed by atoms with Gasteiger partial charge in [-0.05, 0) is 56.1 Å². The number of hydrazine groups is 1. The molecule has 2 N–H and O–H groups in total. The monoisotopic (exact) mass is 643 g/mol. The molecule has 1 aromatic heterocycles. The lowest BCUT2D eigenvalue weighted by atomic mass is 10.0. The highest BCUT2D eigenvalue weighted by Gasteiger charge is 2.32. The Morgan fingerprint density at radius 3 is 2.45 bits per heavy atom. The molecular formula is C34H45N9O4. The van der Waals surface area contributed by atoms with Crippen LogP contribution in [0.1, 0.15) is 31.2 Å². The van der Waals surface area contributed by atoms with Crippen molar-refractivity contribution in [1.29, 1.82) is 5.26 Å². The number of amides is 2. The van der Waals surface area contributed by atoms with Crippen molar-refractivity contribution < 1.29 is 19.0 Å². The van der Waals surface area contributed by atoms with Crippen LogP contribution in [-0.2, 0) is 4.74 Å². The predicted octanol–water partition coefficient (Wildman–Crippen LogP) is 3.01. The van der Waals surface area contributed by atoms with Gasteiger partial charge in [-0.1, -0.05) is 6.42 Å². The Balaban J connectivity index is 1.17. The summed E-state index contributed by atoms with van der Waals surface area (Å²) >= 11 is 0. The summed E-state index contributed by atoms with van der Waals surface area (Å²) in [6, 6.07) is 13.7. The van der Waals surface area contributed by atoms with Gasteiger partial charge >= 0.3 is 6.03 Å². The molecule has 47 heavy (non-hydrogen) atoms. The highest BCUT2D eigenvalue weighted by molar-refractivity contribution is 5.93. The van der Waals surface area contributed by atoms with E-state index in [4.69, 9.17) is 19.2 Å². The van der Waals surface area contributed by atoms with E-state index in [1.54, 1.807) is 30.6 Å². The fourth-order valence-electron chi connectivity index (χ4n) is 6.41. The van der Waals surface area contributed by atoms with Gasteiger partial charge in [0.05, 0.1) is 36.1 Å². The molecule has 1 unspecified atom stereocenters. The van der Waals surface area contributed by atoms with Crippen molar-refractivity contribution in [3.63, 3.8) is 0 Å². The number of nitriles is 1. The van der Waals surface area contributed by atoms with Gasteiger partial charge in [-0.15, -0.1) is 0 Å². The summed E-state index contributed by atoms with van der Waals surface area (Å²) in [5, 5.41) is 21.0. The number of rotatable bonds is 11. The average Bonchev–Trinajstić information content (AvgIpc) is 3.13. The number of fused-ring (bicyclic) bond motifs is 1. The van der Waals surface area contributed by atoms with E-state index in [1.165, 1.54) is 19.3 Å². The van der Waals surface area contributed by atoms with Gasteiger partial charge in [0, 0.05) is 77.0 Å². The van der Waals surface area contributed by atoms with E-state index in [0.29, 0.717) is 69.1 Å². The first kappa shape index (κ1) is 32.7. The molecule has 3 aliphatic heterocycles. The molecule has 6 rings (SSSR count). The maximum absolute atomic E-state index is 14.0. The zero-order valence-electron chi connectivity index (χ0n) is 27.2. The minimum absolute atomic E-state index is 0.0668. The molecule has 1 atom stereocenters. The average molecular weight is 644 g/mol. The first-order valence-corrected chi connectivity index (χ1v) is 16.7. The van der Waals surface area contributed by atoms with Crippen molar-refractivity contribution in [3.05, 3.63) is 48.3 Å². The van der Waals surface area contributed by atoms with E-state index in [2.05, 4.69) is 31.6 Å². The molecule has 3 aromatic rings. The molecule has 3 saturated heterocycles. The zero-order chi connectivity index (χ0) is 32.4. The first-order valence-electron chi connectivity index (χ1n) is 16.7. The number of piperazine rings is 2. The molecule has 0 bridgehead atoms. The van der Waals surface area contributed by atoms with Gasteiger partial charge < -0.3 is 34.6 Å². The second-order valence-electron chi connectivity index (χ2n) is 12.1. The van der Waals surface area contributed by atoms with Crippen molar-refractivity contribution in [3.8, 4) is 17.6 Å². The quantitative estimate of drug-likeness (QED) is 0.299. The molecule has 4 heterocycles. The molecule has 0 saturated carbocycles. The topological polar surface area (TPSA) is 131 Å². The van der Waals surface area contributed by atoms with E-state index in [9.17, 15) is 10.1 Å². The van der Waals surface area contributed by atoms with Crippen molar-refractivity contribution in [2.75, 3.05) is 95.7 Å². The fraction of sp³-hybridized carbons (Fsp3) is 0.529. The van der Waals surface area contributed by atoms with Crippen molar-refractivity contribution in [2.45, 2.75) is 31.7 Å². The number of anilines is 2. The molecule has 0 aliphatic carbocycles. The Kier molecular flexibility index (Phi) is 11.2. The SMILES string of the molecule is COCCOc1cc2c(N3CCN(C(=O)N(c4ccc(C#N)cc4)N4CCNCC4)CC3)ncnc2cc1OCCC1CCCCN1. The van der Waals surface area contributed by atoms with Crippen LogP contribution < -0.4 is 30.0 Å². The molecule has 13 heteroatoms. The number of benzene rings is 2. The standard InChI is InChI=1S/C34H45N9O4/c1-45-20-21-47-31-22-29-30(23-32(31)46-19-9-27-4-2-3-10-37-27)38-25-39-33(29)40-15-17-41(18-16-40)34(44)43(42-13-11-36-12-14-42)28-7-5-26(24-35)6-8-28/h5-8,22-23,25,27,36-37H,2-4,9-21H2,1H3. The summed E-state index contributed by atoms with van der Waals surface area (Å²) in [6.45, 7) is 7.87. The van der Waals surface area contributed by atoms with Crippen LogP contribution in [0.25, 0.3) is 10.9 Å². The number of carbonyl (C=O) groups excluding carboxylic acids is 1. The van der Waals surface area contributed by atoms with Gasteiger partial charge in [0.2, 0.25) is 0 Å². The molecule has 2 amide bonds. The molecule has 250 valence electrons. The maximum atomic E-state index is 14.0.